The van der Waals surface area contributed by atoms with E-state index in [0.717, 1.165) is 10.0 Å². The Hall–Kier alpha value is -1.27. The Balaban J connectivity index is 2.91. The minimum absolute atomic E-state index is 0.00543. The maximum Gasteiger partial charge on any atom is 0.320 e. The van der Waals surface area contributed by atoms with E-state index in [1.807, 2.05) is 32.9 Å². The summed E-state index contributed by atoms with van der Waals surface area (Å²) in [5.74, 6) is 0.451. The van der Waals surface area contributed by atoms with Gasteiger partial charge in [-0.1, -0.05) is 29.8 Å². The molecule has 0 bridgehead atoms. The number of carboxylic acid groups (broad SMARTS) is 1. The number of benzene rings is 1. The molecule has 1 unspecified atom stereocenters. The number of ether oxygens (including phenoxy) is 2. The van der Waals surface area contributed by atoms with E-state index in [2.05, 4.69) is 21.2 Å². The van der Waals surface area contributed by atoms with Crippen LogP contribution in [0.5, 0.6) is 11.5 Å². The quantitative estimate of drug-likeness (QED) is 0.746. The van der Waals surface area contributed by atoms with Crippen molar-refractivity contribution in [2.75, 3.05) is 13.7 Å². The average molecular weight is 360 g/mol. The van der Waals surface area contributed by atoms with Gasteiger partial charge in [-0.2, -0.15) is 0 Å². The van der Waals surface area contributed by atoms with Crippen LogP contribution in [-0.4, -0.2) is 30.8 Å². The molecular formula is C15H22BrNO4. The highest BCUT2D eigenvalue weighted by molar-refractivity contribution is 9.10. The molecule has 2 N–H and O–H groups in total. The van der Waals surface area contributed by atoms with Gasteiger partial charge >= 0.3 is 5.97 Å². The van der Waals surface area contributed by atoms with Gasteiger partial charge in [-0.3, -0.25) is 4.79 Å². The molecule has 0 aromatic heterocycles. The van der Waals surface area contributed by atoms with Crippen LogP contribution in [0, 0.1) is 5.92 Å². The van der Waals surface area contributed by atoms with Crippen molar-refractivity contribution in [1.29, 1.82) is 0 Å². The zero-order valence-corrected chi connectivity index (χ0v) is 14.4. The molecule has 0 saturated heterocycles. The Morgan fingerprint density at radius 2 is 2.05 bits per heavy atom. The van der Waals surface area contributed by atoms with E-state index < -0.39 is 12.0 Å². The summed E-state index contributed by atoms with van der Waals surface area (Å²) >= 11 is 3.48. The van der Waals surface area contributed by atoms with Crippen molar-refractivity contribution in [3.8, 4) is 11.5 Å². The lowest BCUT2D eigenvalue weighted by Gasteiger charge is -2.19. The number of hydrogen-bond acceptors (Lipinski definition) is 4. The molecule has 0 spiro atoms. The highest BCUT2D eigenvalue weighted by Crippen LogP contribution is 2.33. The number of hydrogen-bond donors (Lipinski definition) is 2. The van der Waals surface area contributed by atoms with Gasteiger partial charge in [0, 0.05) is 11.0 Å². The van der Waals surface area contributed by atoms with Gasteiger partial charge in [-0.05, 0) is 30.5 Å². The molecule has 0 amide bonds. The van der Waals surface area contributed by atoms with E-state index in [9.17, 15) is 9.90 Å². The smallest absolute Gasteiger partial charge is 0.320 e. The molecule has 0 aliphatic carbocycles. The monoisotopic (exact) mass is 359 g/mol. The third-order valence-corrected chi connectivity index (χ3v) is 3.82. The molecule has 118 valence electrons. The summed E-state index contributed by atoms with van der Waals surface area (Å²) < 4.78 is 11.7. The van der Waals surface area contributed by atoms with E-state index >= 15 is 0 Å². The maximum atomic E-state index is 11.2. The van der Waals surface area contributed by atoms with Crippen LogP contribution in [0.3, 0.4) is 0 Å². The van der Waals surface area contributed by atoms with Crippen LogP contribution >= 0.6 is 15.9 Å². The Morgan fingerprint density at radius 3 is 2.52 bits per heavy atom. The van der Waals surface area contributed by atoms with Crippen molar-refractivity contribution in [3.63, 3.8) is 0 Å². The van der Waals surface area contributed by atoms with Gasteiger partial charge in [0.15, 0.2) is 11.5 Å². The second-order valence-corrected chi connectivity index (χ2v) is 5.82. The first-order valence-corrected chi connectivity index (χ1v) is 7.65. The molecule has 0 aliphatic heterocycles. The lowest BCUT2D eigenvalue weighted by atomic mass is 10.0. The zero-order chi connectivity index (χ0) is 16.0. The van der Waals surface area contributed by atoms with Crippen molar-refractivity contribution in [2.24, 2.45) is 5.92 Å². The molecule has 1 aromatic carbocycles. The highest BCUT2D eigenvalue weighted by atomic mass is 79.9. The van der Waals surface area contributed by atoms with Gasteiger partial charge in [0.05, 0.1) is 13.7 Å². The maximum absolute atomic E-state index is 11.2. The standard InChI is InChI=1S/C15H22BrNO4/c1-5-21-13-7-11(16)10(6-12(13)20-4)8-17-14(9(2)3)15(18)19/h6-7,9,14,17H,5,8H2,1-4H3,(H,18,19). The van der Waals surface area contributed by atoms with E-state index in [0.29, 0.717) is 24.7 Å². The molecule has 0 radical (unpaired) electrons. The molecule has 1 aromatic rings. The van der Waals surface area contributed by atoms with Crippen molar-refractivity contribution in [2.45, 2.75) is 33.4 Å². The van der Waals surface area contributed by atoms with Gasteiger partial charge < -0.3 is 19.9 Å². The summed E-state index contributed by atoms with van der Waals surface area (Å²) in [7, 11) is 1.58. The van der Waals surface area contributed by atoms with E-state index in [1.165, 1.54) is 0 Å². The number of carboxylic acids is 1. The Labute approximate surface area is 133 Å². The summed E-state index contributed by atoms with van der Waals surface area (Å²) in [6.07, 6.45) is 0. The van der Waals surface area contributed by atoms with Crippen LogP contribution in [0.4, 0.5) is 0 Å². The summed E-state index contributed by atoms with van der Waals surface area (Å²) in [4.78, 5) is 11.2. The minimum Gasteiger partial charge on any atom is -0.493 e. The molecule has 0 fully saturated rings. The Morgan fingerprint density at radius 1 is 1.38 bits per heavy atom. The van der Waals surface area contributed by atoms with Crippen molar-refractivity contribution in [1.82, 2.24) is 5.32 Å². The number of rotatable bonds is 8. The fourth-order valence-electron chi connectivity index (χ4n) is 1.97. The molecule has 0 saturated carbocycles. The zero-order valence-electron chi connectivity index (χ0n) is 12.8. The molecule has 21 heavy (non-hydrogen) atoms. The van der Waals surface area contributed by atoms with Crippen LogP contribution in [0.15, 0.2) is 16.6 Å². The third-order valence-electron chi connectivity index (χ3n) is 3.08. The normalized spacial score (nSPS) is 12.3. The Kier molecular flexibility index (Phi) is 6.98. The number of nitrogens with one attached hydrogen (secondary N) is 1. The number of methoxy groups -OCH3 is 1. The molecule has 1 atom stereocenters. The van der Waals surface area contributed by atoms with Gasteiger partial charge in [-0.25, -0.2) is 0 Å². The SMILES string of the molecule is CCOc1cc(Br)c(CNC(C(=O)O)C(C)C)cc1OC. The topological polar surface area (TPSA) is 67.8 Å². The van der Waals surface area contributed by atoms with Crippen LogP contribution in [-0.2, 0) is 11.3 Å². The predicted molar refractivity (Wildman–Crippen MR) is 85.0 cm³/mol. The summed E-state index contributed by atoms with van der Waals surface area (Å²) in [6.45, 7) is 6.63. The van der Waals surface area contributed by atoms with E-state index in [-0.39, 0.29) is 5.92 Å². The summed E-state index contributed by atoms with van der Waals surface area (Å²) in [5, 5.41) is 12.2. The first-order valence-electron chi connectivity index (χ1n) is 6.86. The van der Waals surface area contributed by atoms with Crippen LogP contribution < -0.4 is 14.8 Å². The van der Waals surface area contributed by atoms with Gasteiger partial charge in [-0.15, -0.1) is 0 Å². The van der Waals surface area contributed by atoms with Crippen LogP contribution in [0.2, 0.25) is 0 Å². The predicted octanol–water partition coefficient (Wildman–Crippen LogP) is 3.06. The minimum atomic E-state index is -0.848. The highest BCUT2D eigenvalue weighted by Gasteiger charge is 2.21. The van der Waals surface area contributed by atoms with Gasteiger partial charge in [0.25, 0.3) is 0 Å². The molecule has 0 heterocycles. The molecule has 6 heteroatoms. The molecule has 1 rings (SSSR count). The largest absolute Gasteiger partial charge is 0.493 e. The van der Waals surface area contributed by atoms with Gasteiger partial charge in [0.2, 0.25) is 0 Å². The molecule has 5 nitrogen and oxygen atoms in total. The lowest BCUT2D eigenvalue weighted by Crippen LogP contribution is -2.40. The number of halogens is 1. The van der Waals surface area contributed by atoms with Crippen molar-refractivity contribution >= 4 is 21.9 Å². The van der Waals surface area contributed by atoms with Crippen molar-refractivity contribution in [3.05, 3.63) is 22.2 Å². The Bertz CT molecular complexity index is 491. The van der Waals surface area contributed by atoms with E-state index in [4.69, 9.17) is 9.47 Å². The summed E-state index contributed by atoms with van der Waals surface area (Å²) in [6, 6.07) is 3.10. The van der Waals surface area contributed by atoms with E-state index in [1.54, 1.807) is 7.11 Å². The fraction of sp³-hybridized carbons (Fsp3) is 0.533. The fourth-order valence-corrected chi connectivity index (χ4v) is 2.43. The van der Waals surface area contributed by atoms with Crippen LogP contribution in [0.25, 0.3) is 0 Å². The number of aliphatic carboxylic acids is 1. The second kappa shape index (κ2) is 8.24. The molecule has 0 aliphatic rings. The lowest BCUT2D eigenvalue weighted by molar-refractivity contribution is -0.140. The molecular weight excluding hydrogens is 338 g/mol. The first-order chi connectivity index (χ1) is 9.90. The first kappa shape index (κ1) is 17.8. The average Bonchev–Trinajstić information content (AvgIpc) is 2.40. The van der Waals surface area contributed by atoms with Crippen molar-refractivity contribution < 1.29 is 19.4 Å². The second-order valence-electron chi connectivity index (χ2n) is 4.97. The summed E-state index contributed by atoms with van der Waals surface area (Å²) in [5.41, 5.74) is 0.919. The number of carbonyl (C=O) groups is 1. The van der Waals surface area contributed by atoms with Crippen LogP contribution in [0.1, 0.15) is 26.3 Å². The van der Waals surface area contributed by atoms with Gasteiger partial charge in [0.1, 0.15) is 6.04 Å². The third kappa shape index (κ3) is 4.89.